The van der Waals surface area contributed by atoms with Gasteiger partial charge in [-0.1, -0.05) is 0 Å². The van der Waals surface area contributed by atoms with E-state index in [9.17, 15) is 0 Å². The molecule has 2 heterocycles. The molecule has 0 bridgehead atoms. The number of aromatic nitrogens is 2. The summed E-state index contributed by atoms with van der Waals surface area (Å²) in [5.74, 6) is 1.65. The Labute approximate surface area is 89.5 Å². The van der Waals surface area contributed by atoms with Crippen LogP contribution >= 0.6 is 0 Å². The van der Waals surface area contributed by atoms with Crippen LogP contribution in [-0.2, 0) is 19.6 Å². The molecule has 1 aliphatic carbocycles. The van der Waals surface area contributed by atoms with Crippen molar-refractivity contribution in [3.63, 3.8) is 0 Å². The summed E-state index contributed by atoms with van der Waals surface area (Å²) < 4.78 is 0. The van der Waals surface area contributed by atoms with Crippen molar-refractivity contribution in [2.45, 2.75) is 38.4 Å². The average molecular weight is 204 g/mol. The van der Waals surface area contributed by atoms with E-state index in [-0.39, 0.29) is 0 Å². The molecule has 0 unspecified atom stereocenters. The quantitative estimate of drug-likeness (QED) is 0.772. The van der Waals surface area contributed by atoms with Gasteiger partial charge < -0.3 is 5.73 Å². The molecule has 1 aromatic rings. The maximum Gasteiger partial charge on any atom is 0.132 e. The van der Waals surface area contributed by atoms with Gasteiger partial charge in [0.1, 0.15) is 5.82 Å². The Morgan fingerprint density at radius 2 is 2.13 bits per heavy atom. The molecule has 1 aromatic heterocycles. The Hall–Kier alpha value is -1.00. The molecule has 1 saturated carbocycles. The van der Waals surface area contributed by atoms with Crippen LogP contribution in [0.3, 0.4) is 0 Å². The molecule has 0 aromatic carbocycles. The summed E-state index contributed by atoms with van der Waals surface area (Å²) in [4.78, 5) is 11.5. The molecule has 4 nitrogen and oxygen atoms in total. The van der Waals surface area contributed by atoms with E-state index in [1.807, 2.05) is 0 Å². The molecule has 0 spiro atoms. The zero-order valence-electron chi connectivity index (χ0n) is 9.03. The fraction of sp³-hybridized carbons (Fsp3) is 0.636. The lowest BCUT2D eigenvalue weighted by Crippen LogP contribution is -2.10. The van der Waals surface area contributed by atoms with Gasteiger partial charge >= 0.3 is 0 Å². The SMILES string of the molecule is CN1Cc2nc(C3CC3)nc(CN)c2C1. The number of nitrogens with zero attached hydrogens (tertiary/aromatic N) is 3. The van der Waals surface area contributed by atoms with Crippen molar-refractivity contribution in [1.82, 2.24) is 14.9 Å². The lowest BCUT2D eigenvalue weighted by molar-refractivity contribution is 0.350. The predicted octanol–water partition coefficient (Wildman–Crippen LogP) is 0.758. The number of hydrogen-bond donors (Lipinski definition) is 1. The van der Waals surface area contributed by atoms with Crippen LogP contribution in [0.5, 0.6) is 0 Å². The molecule has 15 heavy (non-hydrogen) atoms. The molecule has 0 atom stereocenters. The smallest absolute Gasteiger partial charge is 0.132 e. The first kappa shape index (κ1) is 9.24. The highest BCUT2D eigenvalue weighted by atomic mass is 15.1. The lowest BCUT2D eigenvalue weighted by Gasteiger charge is -2.06. The molecule has 0 radical (unpaired) electrons. The molecule has 1 fully saturated rings. The highest BCUT2D eigenvalue weighted by molar-refractivity contribution is 5.30. The Balaban J connectivity index is 2.06. The zero-order chi connectivity index (χ0) is 10.4. The summed E-state index contributed by atoms with van der Waals surface area (Å²) in [5, 5.41) is 0. The molecule has 3 rings (SSSR count). The molecular weight excluding hydrogens is 188 g/mol. The lowest BCUT2D eigenvalue weighted by atomic mass is 10.2. The third kappa shape index (κ3) is 1.54. The number of rotatable bonds is 2. The van der Waals surface area contributed by atoms with Crippen molar-refractivity contribution in [3.05, 3.63) is 22.8 Å². The van der Waals surface area contributed by atoms with Gasteiger partial charge in [0, 0.05) is 31.1 Å². The maximum atomic E-state index is 5.75. The van der Waals surface area contributed by atoms with E-state index < -0.39 is 0 Å². The van der Waals surface area contributed by atoms with Crippen LogP contribution in [0.4, 0.5) is 0 Å². The maximum absolute atomic E-state index is 5.75. The molecule has 0 saturated heterocycles. The van der Waals surface area contributed by atoms with Crippen LogP contribution in [-0.4, -0.2) is 21.9 Å². The van der Waals surface area contributed by atoms with E-state index in [0.29, 0.717) is 12.5 Å². The van der Waals surface area contributed by atoms with E-state index >= 15 is 0 Å². The van der Waals surface area contributed by atoms with Crippen LogP contribution in [0.25, 0.3) is 0 Å². The minimum Gasteiger partial charge on any atom is -0.325 e. The van der Waals surface area contributed by atoms with Crippen molar-refractivity contribution >= 4 is 0 Å². The van der Waals surface area contributed by atoms with Crippen molar-refractivity contribution in [2.24, 2.45) is 5.73 Å². The van der Waals surface area contributed by atoms with Crippen LogP contribution in [0.15, 0.2) is 0 Å². The second kappa shape index (κ2) is 3.25. The molecule has 2 N–H and O–H groups in total. The summed E-state index contributed by atoms with van der Waals surface area (Å²) in [7, 11) is 2.11. The van der Waals surface area contributed by atoms with Crippen molar-refractivity contribution in [1.29, 1.82) is 0 Å². The van der Waals surface area contributed by atoms with Crippen molar-refractivity contribution in [2.75, 3.05) is 7.05 Å². The van der Waals surface area contributed by atoms with Gasteiger partial charge in [-0.05, 0) is 19.9 Å². The molecule has 1 aliphatic heterocycles. The monoisotopic (exact) mass is 204 g/mol. The zero-order valence-corrected chi connectivity index (χ0v) is 9.03. The van der Waals surface area contributed by atoms with Gasteiger partial charge in [-0.2, -0.15) is 0 Å². The predicted molar refractivity (Wildman–Crippen MR) is 57.1 cm³/mol. The van der Waals surface area contributed by atoms with Gasteiger partial charge in [0.05, 0.1) is 11.4 Å². The number of hydrogen-bond acceptors (Lipinski definition) is 4. The highest BCUT2D eigenvalue weighted by Gasteiger charge is 2.30. The van der Waals surface area contributed by atoms with Gasteiger partial charge in [0.2, 0.25) is 0 Å². The van der Waals surface area contributed by atoms with Gasteiger partial charge in [0.25, 0.3) is 0 Å². The third-order valence-corrected chi connectivity index (χ3v) is 3.18. The van der Waals surface area contributed by atoms with Crippen LogP contribution < -0.4 is 5.73 Å². The average Bonchev–Trinajstić information content (AvgIpc) is 2.99. The first-order valence-electron chi connectivity index (χ1n) is 5.55. The molecular formula is C11H16N4. The molecule has 0 amide bonds. The number of nitrogens with two attached hydrogens (primary N) is 1. The number of fused-ring (bicyclic) bond motifs is 1. The van der Waals surface area contributed by atoms with E-state index in [4.69, 9.17) is 5.73 Å². The minimum atomic E-state index is 0.540. The van der Waals surface area contributed by atoms with E-state index in [0.717, 1.165) is 24.6 Å². The van der Waals surface area contributed by atoms with Gasteiger partial charge in [0.15, 0.2) is 0 Å². The summed E-state index contributed by atoms with van der Waals surface area (Å²) in [6, 6.07) is 0. The Bertz CT molecular complexity index is 398. The first-order valence-corrected chi connectivity index (χ1v) is 5.55. The highest BCUT2D eigenvalue weighted by Crippen LogP contribution is 2.39. The summed E-state index contributed by atoms with van der Waals surface area (Å²) in [5.41, 5.74) is 9.28. The molecule has 80 valence electrons. The first-order chi connectivity index (χ1) is 7.28. The summed E-state index contributed by atoms with van der Waals surface area (Å²) in [6.07, 6.45) is 2.50. The van der Waals surface area contributed by atoms with E-state index in [1.165, 1.54) is 24.1 Å². The summed E-state index contributed by atoms with van der Waals surface area (Å²) in [6.45, 7) is 2.44. The topological polar surface area (TPSA) is 55.0 Å². The molecule has 2 aliphatic rings. The van der Waals surface area contributed by atoms with Crippen LogP contribution in [0.1, 0.15) is 41.5 Å². The normalized spacial score (nSPS) is 20.7. The van der Waals surface area contributed by atoms with Crippen molar-refractivity contribution in [3.8, 4) is 0 Å². The van der Waals surface area contributed by atoms with Crippen LogP contribution in [0, 0.1) is 0 Å². The molecule has 4 heteroatoms. The van der Waals surface area contributed by atoms with Gasteiger partial charge in [-0.15, -0.1) is 0 Å². The Morgan fingerprint density at radius 1 is 1.33 bits per heavy atom. The standard InChI is InChI=1S/C11H16N4/c1-15-5-8-9(4-12)13-11(7-2-3-7)14-10(8)6-15/h7H,2-6,12H2,1H3. The minimum absolute atomic E-state index is 0.540. The Kier molecular flexibility index (Phi) is 2.00. The van der Waals surface area contributed by atoms with Gasteiger partial charge in [-0.25, -0.2) is 9.97 Å². The Morgan fingerprint density at radius 3 is 2.80 bits per heavy atom. The van der Waals surface area contributed by atoms with Crippen molar-refractivity contribution < 1.29 is 0 Å². The van der Waals surface area contributed by atoms with Crippen LogP contribution in [0.2, 0.25) is 0 Å². The largest absolute Gasteiger partial charge is 0.325 e. The second-order valence-corrected chi connectivity index (χ2v) is 4.60. The second-order valence-electron chi connectivity index (χ2n) is 4.60. The van der Waals surface area contributed by atoms with Gasteiger partial charge in [-0.3, -0.25) is 4.90 Å². The summed E-state index contributed by atoms with van der Waals surface area (Å²) >= 11 is 0. The van der Waals surface area contributed by atoms with E-state index in [2.05, 4.69) is 21.9 Å². The third-order valence-electron chi connectivity index (χ3n) is 3.18. The van der Waals surface area contributed by atoms with E-state index in [1.54, 1.807) is 0 Å². The fourth-order valence-electron chi connectivity index (χ4n) is 2.19. The fourth-order valence-corrected chi connectivity index (χ4v) is 2.19.